The van der Waals surface area contributed by atoms with Gasteiger partial charge in [0, 0.05) is 65.9 Å². The minimum Gasteiger partial charge on any atom is -0.778 e. The van der Waals surface area contributed by atoms with Gasteiger partial charge in [-0.2, -0.15) is 0 Å². The van der Waals surface area contributed by atoms with Crippen molar-refractivity contribution in [1.82, 2.24) is 24.7 Å². The number of rotatable bonds is 23. The largest absolute Gasteiger partial charge is 0.778 e. The molecule has 84 heavy (non-hydrogen) atoms. The van der Waals surface area contributed by atoms with Crippen LogP contribution in [-0.4, -0.2) is 142 Å². The van der Waals surface area contributed by atoms with Crippen molar-refractivity contribution in [2.24, 2.45) is 12.2 Å². The molecule has 2 aliphatic rings. The van der Waals surface area contributed by atoms with E-state index in [2.05, 4.69) is 58.3 Å². The topological polar surface area (TPSA) is 458 Å². The highest BCUT2D eigenvalue weighted by molar-refractivity contribution is 7.86. The Hall–Kier alpha value is -6.77. The average Bonchev–Trinajstić information content (AvgIpc) is 0.986. The molecule has 0 saturated carbocycles. The molecule has 3 unspecified atom stereocenters. The molecule has 33 heteroatoms. The van der Waals surface area contributed by atoms with Gasteiger partial charge in [-0.05, 0) is 85.2 Å². The molecular weight excluding hydrogens is 1190 g/mol. The molecule has 29 nitrogen and oxygen atoms in total. The van der Waals surface area contributed by atoms with Gasteiger partial charge in [0.25, 0.3) is 11.8 Å². The Morgan fingerprint density at radius 3 is 1.98 bits per heavy atom. The Kier molecular flexibility index (Phi) is 21.7. The summed E-state index contributed by atoms with van der Waals surface area (Å²) in [5, 5.41) is 40.1. The Morgan fingerprint density at radius 1 is 0.833 bits per heavy atom. The average molecular weight is 1250 g/mol. The highest BCUT2D eigenvalue weighted by Crippen LogP contribution is 2.50. The van der Waals surface area contributed by atoms with Crippen LogP contribution in [0.25, 0.3) is 12.2 Å². The van der Waals surface area contributed by atoms with E-state index in [0.717, 1.165) is 33.5 Å². The molecule has 2 amide bonds. The Labute approximate surface area is 480 Å². The number of ether oxygens (including phenoxy) is 2. The zero-order valence-electron chi connectivity index (χ0n) is 45.4. The lowest BCUT2D eigenvalue weighted by Crippen LogP contribution is -2.42. The van der Waals surface area contributed by atoms with E-state index in [0.29, 0.717) is 24.0 Å². The van der Waals surface area contributed by atoms with Gasteiger partial charge in [-0.1, -0.05) is 56.8 Å². The van der Waals surface area contributed by atoms with Gasteiger partial charge in [0.1, 0.15) is 70.9 Å². The molecule has 6 atom stereocenters. The molecule has 0 spiro atoms. The van der Waals surface area contributed by atoms with E-state index < -0.39 is 123 Å². The maximum absolute atomic E-state index is 13.3. The predicted octanol–water partition coefficient (Wildman–Crippen LogP) is -1.66. The minimum atomic E-state index is -5.37. The van der Waals surface area contributed by atoms with E-state index in [1.54, 1.807) is 12.1 Å². The number of unbranched alkanes of at least 4 members (excludes halogenated alkanes) is 1. The first-order chi connectivity index (χ1) is 39.3. The maximum atomic E-state index is 13.3. The van der Waals surface area contributed by atoms with Crippen molar-refractivity contribution in [2.75, 3.05) is 45.2 Å². The van der Waals surface area contributed by atoms with Gasteiger partial charge < -0.3 is 88.3 Å². The molecule has 1 aromatic heterocycles. The number of aliphatic hydroxyl groups excluding tert-OH is 2. The fourth-order valence-electron chi connectivity index (χ4n) is 8.85. The van der Waals surface area contributed by atoms with Crippen molar-refractivity contribution < 1.29 is 104 Å². The fourth-order valence-corrected chi connectivity index (χ4v) is 12.8. The number of aromatic nitrogens is 2. The van der Waals surface area contributed by atoms with Crippen LogP contribution in [-0.2, 0) is 57.1 Å². The molecule has 4 aromatic carbocycles. The standard InChI is InChI=1S/C45H48N6O22P2S2.C6H15N/c1-23-5-11-28-34(29-13-14-31(46)40(77(67,68)69)38(29)73-37(28)39(23)76(64,65)66)27-12-10-26(19-30(27)44(56)57)42(55)48-17-4-3-16-47-41(54)25-8-6-24(7-9-25)20-70-49-33-15-18-51(45(58)50(33)2)43-36(53)35(52)32(72-43)21-71-75(62,63)22-74(59,60)61;1-4-7(5-2)6-3/h5-15,18-19,32,35-36,43,52-53H,1,3-4,16-17,20-22,46H2,2H3,(H,47,54)(H,48,55)(H,56,57)(H,62,63)(H2,59,60,61)(H,64,65,66)(H,67,68,69);4-6H2,1-3H3/p-3/b49-33-;/t32-,35?,36+,43-;/m1./s1. The summed E-state index contributed by atoms with van der Waals surface area (Å²) >= 11 is 0. The summed E-state index contributed by atoms with van der Waals surface area (Å²) in [6.07, 6.45) is -4.66. The minimum absolute atomic E-state index is 0.00233. The Bertz CT molecular complexity index is 3900. The monoisotopic (exact) mass is 1250 g/mol. The summed E-state index contributed by atoms with van der Waals surface area (Å²) < 4.78 is 115. The number of hydrogen-bond acceptors (Lipinski definition) is 22. The number of carbonyl (C=O) groups excluding carboxylic acids is 2. The fraction of sp³-hybridized carbons (Fsp3) is 0.353. The number of nitrogens with zero attached hydrogens (tertiary/aromatic N) is 4. The van der Waals surface area contributed by atoms with Crippen molar-refractivity contribution in [1.29, 1.82) is 0 Å². The number of quaternary nitrogens is 1. The first-order valence-corrected chi connectivity index (χ1v) is 31.8. The number of amides is 2. The molecule has 2 aliphatic heterocycles. The number of fused-ring (bicyclic) bond motifs is 2. The third-order valence-corrected chi connectivity index (χ3v) is 18.4. The molecule has 0 radical (unpaired) electrons. The second-order valence-corrected chi connectivity index (χ2v) is 25.4. The number of carbonyl (C=O) groups is 3. The van der Waals surface area contributed by atoms with Gasteiger partial charge in [-0.15, -0.1) is 0 Å². The number of aromatic carboxylic acids is 1. The van der Waals surface area contributed by atoms with E-state index in [1.165, 1.54) is 69.1 Å². The third kappa shape index (κ3) is 16.1. The second kappa shape index (κ2) is 27.5. The van der Waals surface area contributed by atoms with E-state index >= 15 is 0 Å². The van der Waals surface area contributed by atoms with Gasteiger partial charge in [-0.25, -0.2) is 26.4 Å². The van der Waals surface area contributed by atoms with Crippen LogP contribution in [0.1, 0.15) is 87.6 Å². The molecule has 9 N–H and O–H groups in total. The maximum Gasteiger partial charge on any atom is 0.336 e. The summed E-state index contributed by atoms with van der Waals surface area (Å²) in [6, 6.07) is 15.9. The van der Waals surface area contributed by atoms with E-state index in [1.807, 2.05) is 0 Å². The predicted molar refractivity (Wildman–Crippen MR) is 289 cm³/mol. The Balaban J connectivity index is 0.00000152. The van der Waals surface area contributed by atoms with Crippen LogP contribution in [0.3, 0.4) is 0 Å². The summed E-state index contributed by atoms with van der Waals surface area (Å²) in [5.74, 6) is -5.79. The van der Waals surface area contributed by atoms with Crippen molar-refractivity contribution in [3.8, 4) is 11.5 Å². The van der Waals surface area contributed by atoms with Crippen LogP contribution in [0.15, 0.2) is 98.7 Å². The zero-order valence-corrected chi connectivity index (χ0v) is 48.9. The van der Waals surface area contributed by atoms with Crippen molar-refractivity contribution in [3.05, 3.63) is 139 Å². The van der Waals surface area contributed by atoms with Crippen LogP contribution < -0.4 is 52.5 Å². The van der Waals surface area contributed by atoms with Crippen molar-refractivity contribution in [2.45, 2.75) is 74.6 Å². The number of hydrogen-bond donors (Lipinski definition) is 7. The van der Waals surface area contributed by atoms with Crippen molar-refractivity contribution >= 4 is 71.1 Å². The van der Waals surface area contributed by atoms with Crippen molar-refractivity contribution in [3.63, 3.8) is 0 Å². The lowest BCUT2D eigenvalue weighted by molar-refractivity contribution is -0.258. The number of benzene rings is 4. The molecule has 0 aliphatic carbocycles. The first kappa shape index (κ1) is 66.4. The SMILES string of the molecule is C=c1ccc2c(c1S(=O)(=O)[O-])Oc1c(ccc([NH3+])c1S(=O)(=O)[O-])C=2c1ccc(C(=O)NCCCCNC(=O)c2ccc(CO/N=c3/ccn([C@@H]4O[C@H](COP(=O)([O-])CP(=O)([O-])O)C(O)[C@@H]4O)c(=O)n3C)cc2)cc1C(=O)O.CCN(CC)CC. The van der Waals surface area contributed by atoms with Crippen LogP contribution in [0, 0.1) is 0 Å². The highest BCUT2D eigenvalue weighted by Gasteiger charge is 2.45. The molecule has 7 rings (SSSR count). The van der Waals surface area contributed by atoms with Crippen LogP contribution in [0.2, 0.25) is 0 Å². The van der Waals surface area contributed by atoms with Crippen LogP contribution in [0.5, 0.6) is 11.5 Å². The summed E-state index contributed by atoms with van der Waals surface area (Å²) in [7, 11) is -19.8. The summed E-state index contributed by atoms with van der Waals surface area (Å²) in [4.78, 5) is 89.5. The summed E-state index contributed by atoms with van der Waals surface area (Å²) in [6.45, 7) is 12.9. The van der Waals surface area contributed by atoms with Crippen LogP contribution in [0.4, 0.5) is 5.69 Å². The normalized spacial score (nSPS) is 18.3. The molecule has 1 fully saturated rings. The highest BCUT2D eigenvalue weighted by atomic mass is 32.2. The molecule has 0 bridgehead atoms. The molecule has 1 saturated heterocycles. The number of nitrogens with one attached hydrogen (secondary N) is 2. The van der Waals surface area contributed by atoms with Gasteiger partial charge in [0.2, 0.25) is 0 Å². The van der Waals surface area contributed by atoms with Crippen LogP contribution >= 0.6 is 15.2 Å². The molecule has 456 valence electrons. The lowest BCUT2D eigenvalue weighted by atomic mass is 9.88. The summed E-state index contributed by atoms with van der Waals surface area (Å²) in [5.41, 5.74) is 2.16. The molecule has 3 heterocycles. The van der Waals surface area contributed by atoms with E-state index in [4.69, 9.17) is 19.2 Å². The first-order valence-electron chi connectivity index (χ1n) is 25.5. The second-order valence-electron chi connectivity index (χ2n) is 18.9. The van der Waals surface area contributed by atoms with E-state index in [9.17, 15) is 79.4 Å². The van der Waals surface area contributed by atoms with Gasteiger partial charge in [0.15, 0.2) is 28.1 Å². The smallest absolute Gasteiger partial charge is 0.336 e. The number of carboxylic acids is 1. The van der Waals surface area contributed by atoms with Gasteiger partial charge in [-0.3, -0.25) is 18.7 Å². The molecule has 5 aromatic rings. The quantitative estimate of drug-likeness (QED) is 0.0163. The van der Waals surface area contributed by atoms with E-state index in [-0.39, 0.29) is 63.6 Å². The van der Waals surface area contributed by atoms with Gasteiger partial charge in [0.05, 0.1) is 18.1 Å². The lowest BCUT2D eigenvalue weighted by Gasteiger charge is -2.29. The number of carboxylic acid groups (broad SMARTS) is 1. The number of aliphatic hydroxyl groups is 2. The van der Waals surface area contributed by atoms with Gasteiger partial charge >= 0.3 is 11.7 Å². The third-order valence-electron chi connectivity index (χ3n) is 13.2. The Morgan fingerprint density at radius 2 is 1.42 bits per heavy atom. The zero-order chi connectivity index (χ0) is 62.2. The molecular formula is C51H60N7O22P2S2-3.